The second-order valence-corrected chi connectivity index (χ2v) is 3.67. The summed E-state index contributed by atoms with van der Waals surface area (Å²) in [5.74, 6) is 0. The van der Waals surface area contributed by atoms with Crippen molar-refractivity contribution in [1.82, 2.24) is 0 Å². The average molecular weight is 163 g/mol. The SMILES string of the molecule is CC(C)=C(C=N)C1=C(C)CCC1. The topological polar surface area (TPSA) is 23.9 Å². The Hall–Kier alpha value is -0.850. The molecule has 0 atom stereocenters. The molecular weight excluding hydrogens is 146 g/mol. The van der Waals surface area contributed by atoms with Gasteiger partial charge in [0, 0.05) is 6.21 Å². The van der Waals surface area contributed by atoms with Crippen LogP contribution in [0, 0.1) is 5.41 Å². The van der Waals surface area contributed by atoms with E-state index in [-0.39, 0.29) is 0 Å². The van der Waals surface area contributed by atoms with Crippen molar-refractivity contribution in [2.24, 2.45) is 0 Å². The fourth-order valence-corrected chi connectivity index (χ4v) is 1.79. The summed E-state index contributed by atoms with van der Waals surface area (Å²) in [7, 11) is 0. The van der Waals surface area contributed by atoms with Crippen molar-refractivity contribution < 1.29 is 0 Å². The van der Waals surface area contributed by atoms with Gasteiger partial charge in [-0.25, -0.2) is 0 Å². The zero-order chi connectivity index (χ0) is 9.14. The first-order chi connectivity index (χ1) is 5.66. The van der Waals surface area contributed by atoms with Crippen molar-refractivity contribution in [3.05, 3.63) is 22.3 Å². The largest absolute Gasteiger partial charge is 0.308 e. The Morgan fingerprint density at radius 3 is 2.33 bits per heavy atom. The minimum absolute atomic E-state index is 1.16. The molecular formula is C11H17N. The summed E-state index contributed by atoms with van der Waals surface area (Å²) in [5.41, 5.74) is 5.32. The normalized spacial score (nSPS) is 16.6. The summed E-state index contributed by atoms with van der Waals surface area (Å²) in [5, 5.41) is 7.33. The predicted octanol–water partition coefficient (Wildman–Crippen LogP) is 3.47. The summed E-state index contributed by atoms with van der Waals surface area (Å²) < 4.78 is 0. The lowest BCUT2D eigenvalue weighted by Gasteiger charge is -2.06. The van der Waals surface area contributed by atoms with Gasteiger partial charge in [0.15, 0.2) is 0 Å². The lowest BCUT2D eigenvalue weighted by molar-refractivity contribution is 0.896. The first kappa shape index (κ1) is 9.24. The van der Waals surface area contributed by atoms with E-state index in [1.165, 1.54) is 42.2 Å². The number of hydrogen-bond acceptors (Lipinski definition) is 1. The Morgan fingerprint density at radius 2 is 2.00 bits per heavy atom. The highest BCUT2D eigenvalue weighted by Gasteiger charge is 2.13. The Balaban J connectivity index is 3.02. The second kappa shape index (κ2) is 3.70. The van der Waals surface area contributed by atoms with Crippen molar-refractivity contribution in [1.29, 1.82) is 5.41 Å². The zero-order valence-electron chi connectivity index (χ0n) is 8.20. The summed E-state index contributed by atoms with van der Waals surface area (Å²) in [4.78, 5) is 0. The Morgan fingerprint density at radius 1 is 1.33 bits per heavy atom. The van der Waals surface area contributed by atoms with E-state index in [0.717, 1.165) is 5.57 Å². The van der Waals surface area contributed by atoms with Gasteiger partial charge in [0.25, 0.3) is 0 Å². The van der Waals surface area contributed by atoms with E-state index in [2.05, 4.69) is 20.8 Å². The van der Waals surface area contributed by atoms with E-state index in [4.69, 9.17) is 5.41 Å². The first-order valence-electron chi connectivity index (χ1n) is 4.53. The fraction of sp³-hybridized carbons (Fsp3) is 0.545. The van der Waals surface area contributed by atoms with Gasteiger partial charge in [-0.05, 0) is 51.2 Å². The van der Waals surface area contributed by atoms with Gasteiger partial charge in [-0.2, -0.15) is 0 Å². The molecule has 1 N–H and O–H groups in total. The van der Waals surface area contributed by atoms with E-state index in [1.54, 1.807) is 0 Å². The molecule has 0 aliphatic heterocycles. The molecule has 0 fully saturated rings. The Kier molecular flexibility index (Phi) is 2.85. The molecule has 0 heterocycles. The van der Waals surface area contributed by atoms with Crippen LogP contribution in [0.5, 0.6) is 0 Å². The Labute approximate surface area is 74.7 Å². The van der Waals surface area contributed by atoms with E-state index < -0.39 is 0 Å². The highest BCUT2D eigenvalue weighted by atomic mass is 14.3. The molecule has 0 saturated heterocycles. The summed E-state index contributed by atoms with van der Waals surface area (Å²) in [6, 6.07) is 0. The molecule has 0 spiro atoms. The highest BCUT2D eigenvalue weighted by Crippen LogP contribution is 2.31. The third kappa shape index (κ3) is 1.66. The fourth-order valence-electron chi connectivity index (χ4n) is 1.79. The number of nitrogens with one attached hydrogen (secondary N) is 1. The average Bonchev–Trinajstić information content (AvgIpc) is 2.38. The minimum Gasteiger partial charge on any atom is -0.308 e. The van der Waals surface area contributed by atoms with Gasteiger partial charge < -0.3 is 5.41 Å². The number of rotatable bonds is 2. The van der Waals surface area contributed by atoms with Crippen molar-refractivity contribution in [3.8, 4) is 0 Å². The molecule has 1 rings (SSSR count). The van der Waals surface area contributed by atoms with Crippen LogP contribution >= 0.6 is 0 Å². The molecule has 0 bridgehead atoms. The van der Waals surface area contributed by atoms with Gasteiger partial charge in [-0.1, -0.05) is 11.1 Å². The van der Waals surface area contributed by atoms with Crippen molar-refractivity contribution in [3.63, 3.8) is 0 Å². The monoisotopic (exact) mass is 163 g/mol. The van der Waals surface area contributed by atoms with Crippen LogP contribution in [0.3, 0.4) is 0 Å². The van der Waals surface area contributed by atoms with Crippen LogP contribution in [0.15, 0.2) is 22.3 Å². The molecule has 1 heteroatoms. The molecule has 66 valence electrons. The molecule has 0 unspecified atom stereocenters. The maximum Gasteiger partial charge on any atom is 0.0252 e. The predicted molar refractivity (Wildman–Crippen MR) is 53.7 cm³/mol. The zero-order valence-corrected chi connectivity index (χ0v) is 8.20. The van der Waals surface area contributed by atoms with Crippen LogP contribution in [0.4, 0.5) is 0 Å². The van der Waals surface area contributed by atoms with Crippen LogP contribution in [-0.4, -0.2) is 6.21 Å². The number of allylic oxidation sites excluding steroid dienone is 4. The summed E-state index contributed by atoms with van der Waals surface area (Å²) in [6.45, 7) is 6.35. The molecule has 0 aromatic carbocycles. The van der Waals surface area contributed by atoms with Crippen molar-refractivity contribution in [2.45, 2.75) is 40.0 Å². The van der Waals surface area contributed by atoms with E-state index in [9.17, 15) is 0 Å². The molecule has 0 amide bonds. The maximum atomic E-state index is 7.33. The van der Waals surface area contributed by atoms with Crippen molar-refractivity contribution in [2.75, 3.05) is 0 Å². The van der Waals surface area contributed by atoms with Gasteiger partial charge in [0.05, 0.1) is 0 Å². The third-order valence-electron chi connectivity index (χ3n) is 2.50. The third-order valence-corrected chi connectivity index (χ3v) is 2.50. The van der Waals surface area contributed by atoms with Crippen molar-refractivity contribution >= 4 is 6.21 Å². The van der Waals surface area contributed by atoms with E-state index in [1.807, 2.05) is 0 Å². The van der Waals surface area contributed by atoms with Gasteiger partial charge >= 0.3 is 0 Å². The van der Waals surface area contributed by atoms with Gasteiger partial charge in [-0.15, -0.1) is 0 Å². The van der Waals surface area contributed by atoms with Gasteiger partial charge in [0.1, 0.15) is 0 Å². The molecule has 0 radical (unpaired) electrons. The van der Waals surface area contributed by atoms with Gasteiger partial charge in [-0.3, -0.25) is 0 Å². The second-order valence-electron chi connectivity index (χ2n) is 3.67. The van der Waals surface area contributed by atoms with Crippen LogP contribution < -0.4 is 0 Å². The standard InChI is InChI=1S/C11H17N/c1-8(2)11(7-12)10-6-4-5-9(10)3/h7,12H,4-6H2,1-3H3. The van der Waals surface area contributed by atoms with E-state index in [0.29, 0.717) is 0 Å². The molecule has 1 aliphatic rings. The van der Waals surface area contributed by atoms with E-state index >= 15 is 0 Å². The number of hydrogen-bond donors (Lipinski definition) is 1. The van der Waals surface area contributed by atoms with Gasteiger partial charge in [0.2, 0.25) is 0 Å². The molecule has 12 heavy (non-hydrogen) atoms. The molecule has 0 aromatic heterocycles. The quantitative estimate of drug-likeness (QED) is 0.603. The summed E-state index contributed by atoms with van der Waals surface area (Å²) >= 11 is 0. The maximum absolute atomic E-state index is 7.33. The first-order valence-corrected chi connectivity index (χ1v) is 4.53. The Bertz CT molecular complexity index is 252. The lowest BCUT2D eigenvalue weighted by Crippen LogP contribution is -1.92. The highest BCUT2D eigenvalue weighted by molar-refractivity contribution is 5.83. The minimum atomic E-state index is 1.16. The summed E-state index contributed by atoms with van der Waals surface area (Å²) in [6.07, 6.45) is 5.16. The molecule has 0 saturated carbocycles. The molecule has 0 aromatic rings. The molecule has 1 aliphatic carbocycles. The van der Waals surface area contributed by atoms with Crippen LogP contribution in [-0.2, 0) is 0 Å². The van der Waals surface area contributed by atoms with Crippen LogP contribution in [0.2, 0.25) is 0 Å². The molecule has 1 nitrogen and oxygen atoms in total. The lowest BCUT2D eigenvalue weighted by atomic mass is 10.00. The smallest absolute Gasteiger partial charge is 0.0252 e. The van der Waals surface area contributed by atoms with Crippen LogP contribution in [0.25, 0.3) is 0 Å². The van der Waals surface area contributed by atoms with Crippen LogP contribution in [0.1, 0.15) is 40.0 Å².